The molecule has 0 amide bonds. The fourth-order valence-corrected chi connectivity index (χ4v) is 3.09. The summed E-state index contributed by atoms with van der Waals surface area (Å²) in [6.45, 7) is 4.79. The molecule has 0 aliphatic carbocycles. The quantitative estimate of drug-likeness (QED) is 0.896. The summed E-state index contributed by atoms with van der Waals surface area (Å²) >= 11 is 0. The summed E-state index contributed by atoms with van der Waals surface area (Å²) < 4.78 is 0. The van der Waals surface area contributed by atoms with Crippen LogP contribution in [0.2, 0.25) is 0 Å². The third kappa shape index (κ3) is 3.41. The van der Waals surface area contributed by atoms with E-state index in [0.29, 0.717) is 0 Å². The van der Waals surface area contributed by atoms with E-state index in [2.05, 4.69) is 39.6 Å². The lowest BCUT2D eigenvalue weighted by atomic mass is 10.1. The fraction of sp³-hybridized carbons (Fsp3) is 0.625. The van der Waals surface area contributed by atoms with Crippen LogP contribution in [0.25, 0.3) is 0 Å². The Morgan fingerprint density at radius 3 is 1.89 bits per heavy atom. The molecule has 2 aliphatic rings. The lowest BCUT2D eigenvalue weighted by Crippen LogP contribution is -2.34. The first-order chi connectivity index (χ1) is 9.42. The zero-order chi connectivity index (χ0) is 12.9. The van der Waals surface area contributed by atoms with E-state index < -0.39 is 0 Å². The highest BCUT2D eigenvalue weighted by molar-refractivity contribution is 5.54. The maximum Gasteiger partial charge on any atom is 0.0491 e. The second-order valence-electron chi connectivity index (χ2n) is 5.75. The van der Waals surface area contributed by atoms with Crippen LogP contribution in [0, 0.1) is 0 Å². The van der Waals surface area contributed by atoms with Gasteiger partial charge in [-0.1, -0.05) is 6.42 Å². The van der Waals surface area contributed by atoms with Gasteiger partial charge in [-0.05, 0) is 56.4 Å². The van der Waals surface area contributed by atoms with Gasteiger partial charge in [-0.2, -0.15) is 0 Å². The normalized spacial score (nSPS) is 21.4. The van der Waals surface area contributed by atoms with Crippen LogP contribution in [0.4, 0.5) is 11.4 Å². The molecule has 104 valence electrons. The topological polar surface area (TPSA) is 18.5 Å². The summed E-state index contributed by atoms with van der Waals surface area (Å²) in [5.41, 5.74) is 6.13. The zero-order valence-corrected chi connectivity index (χ0v) is 11.8. The molecule has 0 unspecified atom stereocenters. The maximum atomic E-state index is 3.53. The van der Waals surface area contributed by atoms with Gasteiger partial charge in [-0.3, -0.25) is 0 Å². The third-order valence-electron chi connectivity index (χ3n) is 4.23. The van der Waals surface area contributed by atoms with Crippen LogP contribution < -0.4 is 10.3 Å². The Bertz CT molecular complexity index is 375. The molecule has 0 bridgehead atoms. The van der Waals surface area contributed by atoms with Gasteiger partial charge < -0.3 is 10.3 Å². The van der Waals surface area contributed by atoms with Crippen LogP contribution in [0.5, 0.6) is 0 Å². The molecule has 0 aromatic heterocycles. The van der Waals surface area contributed by atoms with Gasteiger partial charge in [-0.15, -0.1) is 0 Å². The minimum absolute atomic E-state index is 1.17. The Hall–Kier alpha value is -1.22. The first-order valence-corrected chi connectivity index (χ1v) is 7.78. The molecule has 2 aliphatic heterocycles. The Labute approximate surface area is 116 Å². The first kappa shape index (κ1) is 12.8. The van der Waals surface area contributed by atoms with Crippen LogP contribution in [0.3, 0.4) is 0 Å². The largest absolute Gasteiger partial charge is 0.372 e. The number of anilines is 2. The van der Waals surface area contributed by atoms with E-state index in [-0.39, 0.29) is 0 Å². The predicted molar refractivity (Wildman–Crippen MR) is 81.6 cm³/mol. The Kier molecular flexibility index (Phi) is 4.23. The molecule has 1 aromatic rings. The molecule has 0 atom stereocenters. The highest BCUT2D eigenvalue weighted by Crippen LogP contribution is 2.22. The monoisotopic (exact) mass is 259 g/mol. The van der Waals surface area contributed by atoms with Crippen molar-refractivity contribution in [3.05, 3.63) is 24.3 Å². The van der Waals surface area contributed by atoms with Crippen LogP contribution >= 0.6 is 0 Å². The van der Waals surface area contributed by atoms with Gasteiger partial charge >= 0.3 is 0 Å². The van der Waals surface area contributed by atoms with Crippen molar-refractivity contribution in [2.45, 2.75) is 38.5 Å². The first-order valence-electron chi connectivity index (χ1n) is 7.78. The molecule has 3 nitrogen and oxygen atoms in total. The van der Waals surface area contributed by atoms with Crippen molar-refractivity contribution in [3.8, 4) is 0 Å². The summed E-state index contributed by atoms with van der Waals surface area (Å²) in [5, 5.41) is 2.35. The summed E-state index contributed by atoms with van der Waals surface area (Å²) in [4.78, 5) is 2.51. The van der Waals surface area contributed by atoms with Gasteiger partial charge in [0.05, 0.1) is 0 Å². The van der Waals surface area contributed by atoms with Gasteiger partial charge in [0, 0.05) is 37.6 Å². The standard InChI is InChI=1S/C16H25N3/c1-3-11-18(12-4-1)16-9-7-15(8-10-16)17-19-13-5-2-6-14-19/h7-10,17H,1-6,11-14H2. The van der Waals surface area contributed by atoms with E-state index >= 15 is 0 Å². The van der Waals surface area contributed by atoms with E-state index in [0.717, 1.165) is 0 Å². The van der Waals surface area contributed by atoms with Crippen molar-refractivity contribution >= 4 is 11.4 Å². The molecule has 0 radical (unpaired) electrons. The van der Waals surface area contributed by atoms with Crippen molar-refractivity contribution in [1.82, 2.24) is 5.01 Å². The van der Waals surface area contributed by atoms with Crippen molar-refractivity contribution in [3.63, 3.8) is 0 Å². The van der Waals surface area contributed by atoms with Gasteiger partial charge in [-0.25, -0.2) is 5.01 Å². The molecular weight excluding hydrogens is 234 g/mol. The van der Waals surface area contributed by atoms with Gasteiger partial charge in [0.15, 0.2) is 0 Å². The lowest BCUT2D eigenvalue weighted by molar-refractivity contribution is 0.273. The molecule has 0 saturated carbocycles. The maximum absolute atomic E-state index is 3.53. The minimum Gasteiger partial charge on any atom is -0.372 e. The average Bonchev–Trinajstić information content (AvgIpc) is 2.50. The van der Waals surface area contributed by atoms with Crippen LogP contribution in [0.1, 0.15) is 38.5 Å². The number of nitrogens with zero attached hydrogens (tertiary/aromatic N) is 2. The van der Waals surface area contributed by atoms with Crippen LogP contribution in [0.15, 0.2) is 24.3 Å². The fourth-order valence-electron chi connectivity index (χ4n) is 3.09. The van der Waals surface area contributed by atoms with E-state index in [1.165, 1.54) is 76.1 Å². The molecule has 3 rings (SSSR count). The predicted octanol–water partition coefficient (Wildman–Crippen LogP) is 3.49. The van der Waals surface area contributed by atoms with Crippen molar-refractivity contribution in [2.75, 3.05) is 36.5 Å². The Balaban J connectivity index is 1.58. The lowest BCUT2D eigenvalue weighted by Gasteiger charge is -2.30. The Morgan fingerprint density at radius 1 is 0.684 bits per heavy atom. The van der Waals surface area contributed by atoms with Crippen molar-refractivity contribution in [1.29, 1.82) is 0 Å². The summed E-state index contributed by atoms with van der Waals surface area (Å²) in [5.74, 6) is 0. The SMILES string of the molecule is c1cc(N2CCCCC2)ccc1NN1CCCCC1. The molecule has 1 N–H and O–H groups in total. The number of hydrogen-bond donors (Lipinski definition) is 1. The molecule has 19 heavy (non-hydrogen) atoms. The number of hydrogen-bond acceptors (Lipinski definition) is 3. The summed E-state index contributed by atoms with van der Waals surface area (Å²) in [6, 6.07) is 8.96. The second-order valence-corrected chi connectivity index (χ2v) is 5.75. The number of piperidine rings is 2. The number of hydrazine groups is 1. The second kappa shape index (κ2) is 6.29. The summed E-state index contributed by atoms with van der Waals surface area (Å²) in [7, 11) is 0. The third-order valence-corrected chi connectivity index (χ3v) is 4.23. The number of nitrogens with one attached hydrogen (secondary N) is 1. The number of rotatable bonds is 3. The molecule has 2 heterocycles. The van der Waals surface area contributed by atoms with Crippen LogP contribution in [-0.2, 0) is 0 Å². The Morgan fingerprint density at radius 2 is 1.26 bits per heavy atom. The molecular formula is C16H25N3. The highest BCUT2D eigenvalue weighted by Gasteiger charge is 2.12. The zero-order valence-electron chi connectivity index (χ0n) is 11.8. The van der Waals surface area contributed by atoms with E-state index in [1.807, 2.05) is 0 Å². The average molecular weight is 259 g/mol. The highest BCUT2D eigenvalue weighted by atomic mass is 15.5. The van der Waals surface area contributed by atoms with Crippen molar-refractivity contribution in [2.24, 2.45) is 0 Å². The smallest absolute Gasteiger partial charge is 0.0491 e. The van der Waals surface area contributed by atoms with Crippen molar-refractivity contribution < 1.29 is 0 Å². The minimum atomic E-state index is 1.17. The molecule has 1 aromatic carbocycles. The molecule has 3 heteroatoms. The van der Waals surface area contributed by atoms with Gasteiger partial charge in [0.2, 0.25) is 0 Å². The molecule has 0 spiro atoms. The van der Waals surface area contributed by atoms with Crippen LogP contribution in [-0.4, -0.2) is 31.2 Å². The summed E-state index contributed by atoms with van der Waals surface area (Å²) in [6.07, 6.45) is 8.09. The van der Waals surface area contributed by atoms with E-state index in [9.17, 15) is 0 Å². The van der Waals surface area contributed by atoms with E-state index in [1.54, 1.807) is 0 Å². The van der Waals surface area contributed by atoms with Gasteiger partial charge in [0.1, 0.15) is 0 Å². The molecule has 2 saturated heterocycles. The van der Waals surface area contributed by atoms with E-state index in [4.69, 9.17) is 0 Å². The molecule has 2 fully saturated rings. The van der Waals surface area contributed by atoms with Gasteiger partial charge in [0.25, 0.3) is 0 Å². The number of benzene rings is 1.